The topological polar surface area (TPSA) is 59.6 Å². The van der Waals surface area contributed by atoms with Crippen molar-refractivity contribution in [2.45, 2.75) is 32.8 Å². The molecule has 2 aromatic rings. The van der Waals surface area contributed by atoms with Crippen LogP contribution in [0.1, 0.15) is 35.6 Å². The van der Waals surface area contributed by atoms with Gasteiger partial charge in [-0.1, -0.05) is 36.4 Å². The minimum Gasteiger partial charge on any atom is -0.373 e. The van der Waals surface area contributed by atoms with Gasteiger partial charge in [-0.05, 0) is 55.5 Å². The van der Waals surface area contributed by atoms with Gasteiger partial charge in [-0.25, -0.2) is 0 Å². The summed E-state index contributed by atoms with van der Waals surface area (Å²) in [4.78, 5) is 4.58. The molecule has 0 aromatic heterocycles. The summed E-state index contributed by atoms with van der Waals surface area (Å²) in [6, 6.07) is 16.7. The molecule has 1 fully saturated rings. The van der Waals surface area contributed by atoms with Gasteiger partial charge in [0.2, 0.25) is 0 Å². The van der Waals surface area contributed by atoms with E-state index in [1.807, 2.05) is 6.07 Å². The number of aryl methyl sites for hydroxylation is 2. The van der Waals surface area contributed by atoms with E-state index >= 15 is 0 Å². The third-order valence-electron chi connectivity index (χ3n) is 4.56. The molecule has 26 heavy (non-hydrogen) atoms. The number of rotatable bonds is 4. The summed E-state index contributed by atoms with van der Waals surface area (Å²) in [7, 11) is 0. The zero-order valence-corrected chi connectivity index (χ0v) is 17.8. The molecular weight excluding hydrogens is 437 g/mol. The summed E-state index contributed by atoms with van der Waals surface area (Å²) < 4.78 is 6.03. The maximum atomic E-state index is 6.11. The predicted molar refractivity (Wildman–Crippen MR) is 119 cm³/mol. The van der Waals surface area contributed by atoms with Crippen LogP contribution in [0.3, 0.4) is 0 Å². The van der Waals surface area contributed by atoms with E-state index in [9.17, 15) is 0 Å². The summed E-state index contributed by atoms with van der Waals surface area (Å²) in [5.74, 6) is 0.818. The van der Waals surface area contributed by atoms with Crippen molar-refractivity contribution in [1.29, 1.82) is 0 Å². The Bertz CT molecular complexity index is 713. The molecule has 3 rings (SSSR count). The molecule has 1 saturated heterocycles. The lowest BCUT2D eigenvalue weighted by Gasteiger charge is -2.31. The zero-order valence-electron chi connectivity index (χ0n) is 15.4. The lowest BCUT2D eigenvalue weighted by Crippen LogP contribution is -2.28. The Morgan fingerprint density at radius 3 is 2.54 bits per heavy atom. The zero-order chi connectivity index (χ0) is 17.6. The molecule has 0 aliphatic carbocycles. The van der Waals surface area contributed by atoms with Crippen LogP contribution in [0.2, 0.25) is 0 Å². The van der Waals surface area contributed by atoms with Gasteiger partial charge >= 0.3 is 0 Å². The number of halogens is 1. The highest BCUT2D eigenvalue weighted by Crippen LogP contribution is 2.33. The Labute approximate surface area is 173 Å². The number of ether oxygens (including phenoxy) is 1. The Balaban J connectivity index is 0.00000243. The molecule has 140 valence electrons. The number of nitrogens with two attached hydrogens (primary N) is 1. The number of nitrogens with one attached hydrogen (secondary N) is 1. The highest BCUT2D eigenvalue weighted by atomic mass is 127. The van der Waals surface area contributed by atoms with Crippen LogP contribution in [0.25, 0.3) is 0 Å². The number of nitrogens with zero attached hydrogens (tertiary/aromatic N) is 1. The molecular formula is C21H28IN3O. The van der Waals surface area contributed by atoms with Crippen LogP contribution in [-0.4, -0.2) is 19.1 Å². The summed E-state index contributed by atoms with van der Waals surface area (Å²) in [5, 5.41) is 3.20. The Morgan fingerprint density at radius 2 is 1.85 bits per heavy atom. The average Bonchev–Trinajstić information content (AvgIpc) is 2.60. The highest BCUT2D eigenvalue weighted by molar-refractivity contribution is 14.0. The standard InChI is InChI=1S/C21H27N3O.HI/c1-15-11-16(2)13-19(12-15)24-21(22)23-14-18-9-6-10-25-20(18)17-7-4-3-5-8-17;/h3-5,7-8,11-13,18,20H,6,9-10,14H2,1-2H3,(H3,22,23,24);1H. The van der Waals surface area contributed by atoms with Crippen molar-refractivity contribution in [3.8, 4) is 0 Å². The molecule has 1 aliphatic rings. The molecule has 1 heterocycles. The maximum Gasteiger partial charge on any atom is 0.193 e. The van der Waals surface area contributed by atoms with Gasteiger partial charge in [0.05, 0.1) is 6.10 Å². The first kappa shape index (κ1) is 20.7. The molecule has 2 aromatic carbocycles. The lowest BCUT2D eigenvalue weighted by molar-refractivity contribution is -0.0249. The van der Waals surface area contributed by atoms with Crippen LogP contribution in [-0.2, 0) is 4.74 Å². The van der Waals surface area contributed by atoms with E-state index in [0.717, 1.165) is 25.1 Å². The van der Waals surface area contributed by atoms with Gasteiger partial charge in [-0.15, -0.1) is 24.0 Å². The third kappa shape index (κ3) is 5.71. The number of anilines is 1. The Hall–Kier alpha value is -1.60. The average molecular weight is 465 g/mol. The molecule has 0 saturated carbocycles. The molecule has 0 bridgehead atoms. The van der Waals surface area contributed by atoms with Gasteiger partial charge in [-0.3, -0.25) is 4.99 Å². The van der Waals surface area contributed by atoms with Gasteiger partial charge in [0, 0.05) is 24.8 Å². The number of hydrogen-bond acceptors (Lipinski definition) is 2. The van der Waals surface area contributed by atoms with Gasteiger partial charge < -0.3 is 15.8 Å². The molecule has 2 atom stereocenters. The predicted octanol–water partition coefficient (Wildman–Crippen LogP) is 4.82. The molecule has 0 spiro atoms. The third-order valence-corrected chi connectivity index (χ3v) is 4.56. The minimum absolute atomic E-state index is 0. The summed E-state index contributed by atoms with van der Waals surface area (Å²) in [6.07, 6.45) is 2.29. The molecule has 5 heteroatoms. The van der Waals surface area contributed by atoms with Crippen LogP contribution >= 0.6 is 24.0 Å². The van der Waals surface area contributed by atoms with E-state index in [4.69, 9.17) is 10.5 Å². The van der Waals surface area contributed by atoms with Crippen molar-refractivity contribution in [3.05, 3.63) is 65.2 Å². The minimum atomic E-state index is 0. The maximum absolute atomic E-state index is 6.11. The van der Waals surface area contributed by atoms with Gasteiger partial charge in [0.15, 0.2) is 5.96 Å². The Kier molecular flexibility index (Phi) is 7.90. The summed E-state index contributed by atoms with van der Waals surface area (Å²) in [5.41, 5.74) is 10.7. The van der Waals surface area contributed by atoms with E-state index < -0.39 is 0 Å². The molecule has 1 aliphatic heterocycles. The monoisotopic (exact) mass is 465 g/mol. The SMILES string of the molecule is Cc1cc(C)cc(NC(N)=NCC2CCCOC2c2ccccc2)c1.I. The van der Waals surface area contributed by atoms with E-state index in [0.29, 0.717) is 18.4 Å². The second-order valence-corrected chi connectivity index (χ2v) is 6.83. The van der Waals surface area contributed by atoms with Crippen LogP contribution in [0, 0.1) is 19.8 Å². The number of guanidine groups is 1. The quantitative estimate of drug-likeness (QED) is 0.387. The van der Waals surface area contributed by atoms with E-state index in [-0.39, 0.29) is 30.1 Å². The fourth-order valence-corrected chi connectivity index (χ4v) is 3.49. The van der Waals surface area contributed by atoms with Crippen molar-refractivity contribution >= 4 is 35.6 Å². The van der Waals surface area contributed by atoms with E-state index in [2.05, 4.69) is 66.6 Å². The van der Waals surface area contributed by atoms with Crippen molar-refractivity contribution < 1.29 is 4.74 Å². The molecule has 4 nitrogen and oxygen atoms in total. The normalized spacial score (nSPS) is 20.3. The first-order valence-electron chi connectivity index (χ1n) is 8.93. The van der Waals surface area contributed by atoms with Gasteiger partial charge in [0.25, 0.3) is 0 Å². The highest BCUT2D eigenvalue weighted by Gasteiger charge is 2.27. The van der Waals surface area contributed by atoms with Crippen molar-refractivity contribution in [3.63, 3.8) is 0 Å². The van der Waals surface area contributed by atoms with Gasteiger partial charge in [0.1, 0.15) is 0 Å². The second-order valence-electron chi connectivity index (χ2n) is 6.83. The summed E-state index contributed by atoms with van der Waals surface area (Å²) >= 11 is 0. The molecule has 0 amide bonds. The van der Waals surface area contributed by atoms with E-state index in [1.54, 1.807) is 0 Å². The van der Waals surface area contributed by atoms with Crippen LogP contribution in [0.15, 0.2) is 53.5 Å². The molecule has 2 unspecified atom stereocenters. The molecule has 0 radical (unpaired) electrons. The second kappa shape index (κ2) is 9.92. The Morgan fingerprint density at radius 1 is 1.15 bits per heavy atom. The van der Waals surface area contributed by atoms with Crippen LogP contribution in [0.4, 0.5) is 5.69 Å². The largest absolute Gasteiger partial charge is 0.373 e. The van der Waals surface area contributed by atoms with Crippen LogP contribution in [0.5, 0.6) is 0 Å². The number of benzene rings is 2. The molecule has 3 N–H and O–H groups in total. The lowest BCUT2D eigenvalue weighted by atomic mass is 9.89. The number of aliphatic imine (C=N–C) groups is 1. The fourth-order valence-electron chi connectivity index (χ4n) is 3.49. The smallest absolute Gasteiger partial charge is 0.193 e. The van der Waals surface area contributed by atoms with Crippen molar-refractivity contribution in [2.75, 3.05) is 18.5 Å². The number of hydrogen-bond donors (Lipinski definition) is 2. The van der Waals surface area contributed by atoms with E-state index in [1.165, 1.54) is 16.7 Å². The first-order valence-corrected chi connectivity index (χ1v) is 8.93. The van der Waals surface area contributed by atoms with Crippen molar-refractivity contribution in [1.82, 2.24) is 0 Å². The summed E-state index contributed by atoms with van der Waals surface area (Å²) in [6.45, 7) is 5.64. The fraction of sp³-hybridized carbons (Fsp3) is 0.381. The van der Waals surface area contributed by atoms with Gasteiger partial charge in [-0.2, -0.15) is 0 Å². The van der Waals surface area contributed by atoms with Crippen molar-refractivity contribution in [2.24, 2.45) is 16.6 Å². The first-order chi connectivity index (χ1) is 12.1. The van der Waals surface area contributed by atoms with Crippen LogP contribution < -0.4 is 11.1 Å².